The summed E-state index contributed by atoms with van der Waals surface area (Å²) in [5, 5.41) is 3.41. The fraction of sp³-hybridized carbons (Fsp3) is 0.692. The minimum absolute atomic E-state index is 0.0644. The highest BCUT2D eigenvalue weighted by Crippen LogP contribution is 2.14. The second kappa shape index (κ2) is 6.00. The highest BCUT2D eigenvalue weighted by Gasteiger charge is 2.16. The van der Waals surface area contributed by atoms with Crippen LogP contribution in [0, 0.1) is 5.92 Å². The van der Waals surface area contributed by atoms with Gasteiger partial charge in [-0.05, 0) is 31.8 Å². The summed E-state index contributed by atoms with van der Waals surface area (Å²) in [4.78, 5) is 20.8. The smallest absolute Gasteiger partial charge is 0.252 e. The van der Waals surface area contributed by atoms with Crippen LogP contribution in [0.5, 0.6) is 0 Å². The van der Waals surface area contributed by atoms with Crippen LogP contribution in [0.3, 0.4) is 0 Å². The summed E-state index contributed by atoms with van der Waals surface area (Å²) in [5.74, 6) is 2.18. The van der Waals surface area contributed by atoms with Crippen molar-refractivity contribution in [1.29, 1.82) is 0 Å². The molecule has 1 aromatic rings. The van der Waals surface area contributed by atoms with E-state index in [1.54, 1.807) is 6.07 Å². The molecule has 0 aliphatic carbocycles. The van der Waals surface area contributed by atoms with Gasteiger partial charge in [0.25, 0.3) is 5.56 Å². The van der Waals surface area contributed by atoms with Crippen LogP contribution in [-0.2, 0) is 6.42 Å². The molecule has 0 amide bonds. The molecule has 5 heteroatoms. The van der Waals surface area contributed by atoms with Crippen LogP contribution in [0.15, 0.2) is 10.9 Å². The number of anilines is 1. The second-order valence-corrected chi connectivity index (χ2v) is 5.00. The van der Waals surface area contributed by atoms with Crippen LogP contribution < -0.4 is 15.8 Å². The Hall–Kier alpha value is -1.36. The third kappa shape index (κ3) is 3.32. The topological polar surface area (TPSA) is 61.0 Å². The van der Waals surface area contributed by atoms with Gasteiger partial charge in [-0.25, -0.2) is 4.98 Å². The van der Waals surface area contributed by atoms with Crippen LogP contribution in [0.25, 0.3) is 0 Å². The molecule has 0 aromatic carbocycles. The van der Waals surface area contributed by atoms with Gasteiger partial charge < -0.3 is 15.2 Å². The summed E-state index contributed by atoms with van der Waals surface area (Å²) in [6.45, 7) is 5.14. The largest absolute Gasteiger partial charge is 0.359 e. The van der Waals surface area contributed by atoms with Gasteiger partial charge in [0.05, 0.1) is 0 Å². The van der Waals surface area contributed by atoms with E-state index in [1.165, 1.54) is 12.8 Å². The molecule has 1 saturated heterocycles. The van der Waals surface area contributed by atoms with E-state index < -0.39 is 0 Å². The zero-order chi connectivity index (χ0) is 13.0. The molecule has 1 atom stereocenters. The predicted octanol–water partition coefficient (Wildman–Crippen LogP) is 0.768. The minimum Gasteiger partial charge on any atom is -0.359 e. The lowest BCUT2D eigenvalue weighted by atomic mass is 9.99. The number of H-pyrrole nitrogens is 1. The molecule has 0 spiro atoms. The molecule has 1 aliphatic heterocycles. The highest BCUT2D eigenvalue weighted by molar-refractivity contribution is 5.36. The Morgan fingerprint density at radius 2 is 2.39 bits per heavy atom. The molecule has 18 heavy (non-hydrogen) atoms. The zero-order valence-corrected chi connectivity index (χ0v) is 11.2. The molecule has 5 nitrogen and oxygen atoms in total. The van der Waals surface area contributed by atoms with Crippen molar-refractivity contribution < 1.29 is 0 Å². The van der Waals surface area contributed by atoms with Crippen molar-refractivity contribution in [3.63, 3.8) is 0 Å². The van der Waals surface area contributed by atoms with Crippen molar-refractivity contribution in [3.8, 4) is 0 Å². The predicted molar refractivity (Wildman–Crippen MR) is 73.1 cm³/mol. The first-order valence-electron chi connectivity index (χ1n) is 6.71. The summed E-state index contributed by atoms with van der Waals surface area (Å²) in [6, 6.07) is 1.58. The van der Waals surface area contributed by atoms with Gasteiger partial charge in [-0.1, -0.05) is 6.92 Å². The van der Waals surface area contributed by atoms with Gasteiger partial charge in [0.15, 0.2) is 0 Å². The number of aromatic nitrogens is 2. The maximum atomic E-state index is 11.5. The third-order valence-electron chi connectivity index (χ3n) is 3.43. The third-order valence-corrected chi connectivity index (χ3v) is 3.43. The molecule has 2 rings (SSSR count). The van der Waals surface area contributed by atoms with Gasteiger partial charge in [0.1, 0.15) is 11.6 Å². The van der Waals surface area contributed by atoms with E-state index >= 15 is 0 Å². The maximum absolute atomic E-state index is 11.5. The van der Waals surface area contributed by atoms with Crippen LogP contribution in [0.4, 0.5) is 5.82 Å². The number of nitrogens with zero attached hydrogens (tertiary/aromatic N) is 2. The molecule has 0 saturated carbocycles. The van der Waals surface area contributed by atoms with Gasteiger partial charge in [-0.15, -0.1) is 0 Å². The van der Waals surface area contributed by atoms with Crippen molar-refractivity contribution in [2.45, 2.75) is 26.2 Å². The van der Waals surface area contributed by atoms with Gasteiger partial charge in [0, 0.05) is 26.1 Å². The Kier molecular flexibility index (Phi) is 4.36. The Morgan fingerprint density at radius 3 is 3.06 bits per heavy atom. The van der Waals surface area contributed by atoms with E-state index in [9.17, 15) is 4.79 Å². The molecule has 2 N–H and O–H groups in total. The summed E-state index contributed by atoms with van der Waals surface area (Å²) in [5.41, 5.74) is -0.0644. The number of aryl methyl sites for hydroxylation is 1. The number of hydrogen-bond donors (Lipinski definition) is 2. The first kappa shape index (κ1) is 13.1. The molecule has 100 valence electrons. The van der Waals surface area contributed by atoms with Crippen molar-refractivity contribution in [3.05, 3.63) is 22.2 Å². The lowest BCUT2D eigenvalue weighted by molar-refractivity contribution is 0.380. The average molecular weight is 250 g/mol. The van der Waals surface area contributed by atoms with E-state index in [4.69, 9.17) is 0 Å². The van der Waals surface area contributed by atoms with E-state index in [-0.39, 0.29) is 5.56 Å². The molecule has 1 unspecified atom stereocenters. The molecule has 1 aromatic heterocycles. The van der Waals surface area contributed by atoms with Crippen LogP contribution in [0.2, 0.25) is 0 Å². The number of rotatable bonds is 4. The molecular weight excluding hydrogens is 228 g/mol. The van der Waals surface area contributed by atoms with E-state index in [2.05, 4.69) is 20.2 Å². The van der Waals surface area contributed by atoms with E-state index in [1.807, 2.05) is 14.0 Å². The molecule has 2 heterocycles. The highest BCUT2D eigenvalue weighted by atomic mass is 16.1. The van der Waals surface area contributed by atoms with Gasteiger partial charge in [-0.3, -0.25) is 4.79 Å². The Morgan fingerprint density at radius 1 is 1.56 bits per heavy atom. The number of aromatic amines is 1. The minimum atomic E-state index is -0.0644. The van der Waals surface area contributed by atoms with E-state index in [0.717, 1.165) is 37.7 Å². The lowest BCUT2D eigenvalue weighted by Gasteiger charge is -2.28. The summed E-state index contributed by atoms with van der Waals surface area (Å²) in [6.07, 6.45) is 3.24. The monoisotopic (exact) mass is 250 g/mol. The summed E-state index contributed by atoms with van der Waals surface area (Å²) in [7, 11) is 2.01. The Bertz CT molecular complexity index is 437. The van der Waals surface area contributed by atoms with Gasteiger partial charge in [-0.2, -0.15) is 0 Å². The van der Waals surface area contributed by atoms with Gasteiger partial charge in [0.2, 0.25) is 0 Å². The average Bonchev–Trinajstić information content (AvgIpc) is 2.39. The van der Waals surface area contributed by atoms with Crippen molar-refractivity contribution in [1.82, 2.24) is 15.3 Å². The molecule has 0 bridgehead atoms. The van der Waals surface area contributed by atoms with Gasteiger partial charge >= 0.3 is 0 Å². The number of piperidine rings is 1. The van der Waals surface area contributed by atoms with Crippen molar-refractivity contribution >= 4 is 5.82 Å². The fourth-order valence-electron chi connectivity index (χ4n) is 2.42. The van der Waals surface area contributed by atoms with E-state index in [0.29, 0.717) is 5.92 Å². The van der Waals surface area contributed by atoms with Crippen molar-refractivity contribution in [2.24, 2.45) is 5.92 Å². The first-order valence-corrected chi connectivity index (χ1v) is 6.71. The normalized spacial score (nSPS) is 19.8. The van der Waals surface area contributed by atoms with Crippen molar-refractivity contribution in [2.75, 3.05) is 31.6 Å². The molecule has 0 radical (unpaired) electrons. The fourth-order valence-corrected chi connectivity index (χ4v) is 2.42. The quantitative estimate of drug-likeness (QED) is 0.828. The standard InChI is InChI=1S/C13H22N4O/c1-3-11-15-12(7-13(18)16-11)17(2)9-10-5-4-6-14-8-10/h7,10,14H,3-6,8-9H2,1-2H3,(H,15,16,18). The summed E-state index contributed by atoms with van der Waals surface area (Å²) >= 11 is 0. The van der Waals surface area contributed by atoms with Crippen LogP contribution in [0.1, 0.15) is 25.6 Å². The maximum Gasteiger partial charge on any atom is 0.252 e. The van der Waals surface area contributed by atoms with Crippen LogP contribution in [-0.4, -0.2) is 36.6 Å². The first-order chi connectivity index (χ1) is 8.69. The zero-order valence-electron chi connectivity index (χ0n) is 11.2. The Labute approximate surface area is 108 Å². The SMILES string of the molecule is CCc1nc(N(C)CC2CCCNC2)cc(=O)[nH]1. The number of hydrogen-bond acceptors (Lipinski definition) is 4. The Balaban J connectivity index is 2.05. The molecule has 1 aliphatic rings. The lowest BCUT2D eigenvalue weighted by Crippen LogP contribution is -2.37. The second-order valence-electron chi connectivity index (χ2n) is 5.00. The molecule has 1 fully saturated rings. The number of nitrogens with one attached hydrogen (secondary N) is 2. The molecular formula is C13H22N4O. The van der Waals surface area contributed by atoms with Crippen LogP contribution >= 0.6 is 0 Å². The summed E-state index contributed by atoms with van der Waals surface area (Å²) < 4.78 is 0.